The highest BCUT2D eigenvalue weighted by Crippen LogP contribution is 2.19. The number of esters is 1. The molecule has 0 bridgehead atoms. The third-order valence-electron chi connectivity index (χ3n) is 7.82. The van der Waals surface area contributed by atoms with E-state index in [4.69, 9.17) is 14.9 Å². The molecule has 276 valence electrons. The Morgan fingerprint density at radius 3 is 1.22 bits per heavy atom. The lowest BCUT2D eigenvalue weighted by Crippen LogP contribution is -2.07. The van der Waals surface area contributed by atoms with Crippen LogP contribution in [0.15, 0.2) is 48.5 Å². The van der Waals surface area contributed by atoms with Gasteiger partial charge in [-0.05, 0) is 37.1 Å². The molecule has 0 spiro atoms. The van der Waals surface area contributed by atoms with Crippen molar-refractivity contribution in [2.45, 2.75) is 155 Å². The van der Waals surface area contributed by atoms with Gasteiger partial charge >= 0.3 is 11.9 Å². The van der Waals surface area contributed by atoms with Crippen LogP contribution in [-0.4, -0.2) is 32.0 Å². The summed E-state index contributed by atoms with van der Waals surface area (Å²) in [4.78, 5) is 41.5. The summed E-state index contributed by atoms with van der Waals surface area (Å²) in [6.45, 7) is 4.47. The number of aliphatic carboxylic acids is 1. The number of phenols is 1. The van der Waals surface area contributed by atoms with Gasteiger partial charge in [0.05, 0.1) is 9.85 Å². The normalized spacial score (nSPS) is 10.2. The van der Waals surface area contributed by atoms with Crippen LogP contribution in [0.1, 0.15) is 155 Å². The molecule has 0 saturated carbocycles. The van der Waals surface area contributed by atoms with E-state index in [0.29, 0.717) is 18.6 Å². The molecular weight excluding hydrogens is 628 g/mol. The molecule has 11 nitrogen and oxygen atoms in total. The van der Waals surface area contributed by atoms with Crippen molar-refractivity contribution in [3.05, 3.63) is 68.8 Å². The number of nitro benzene ring substituents is 2. The quantitative estimate of drug-likeness (QED) is 0.0338. The predicted octanol–water partition coefficient (Wildman–Crippen LogP) is 11.5. The maximum atomic E-state index is 11.7. The summed E-state index contributed by atoms with van der Waals surface area (Å²) in [5.41, 5.74) is -0.0257. The zero-order valence-electron chi connectivity index (χ0n) is 29.8. The summed E-state index contributed by atoms with van der Waals surface area (Å²) in [6.07, 6.45) is 25.5. The molecule has 2 rings (SSSR count). The number of carboxylic acid groups (broad SMARTS) is 1. The number of hydrogen-bond donors (Lipinski definition) is 2. The van der Waals surface area contributed by atoms with Crippen LogP contribution in [0.3, 0.4) is 0 Å². The molecule has 2 N–H and O–H groups in total. The van der Waals surface area contributed by atoms with Gasteiger partial charge < -0.3 is 14.9 Å². The van der Waals surface area contributed by atoms with Crippen LogP contribution in [0.25, 0.3) is 0 Å². The van der Waals surface area contributed by atoms with Gasteiger partial charge in [0.25, 0.3) is 11.4 Å². The van der Waals surface area contributed by atoms with Crippen LogP contribution in [0, 0.1) is 20.2 Å². The topological polar surface area (TPSA) is 170 Å². The first kappa shape index (κ1) is 45.0. The number of carbonyl (C=O) groups excluding carboxylic acids is 1. The highest BCUT2D eigenvalue weighted by molar-refractivity contribution is 5.72. The van der Waals surface area contributed by atoms with Gasteiger partial charge in [0.1, 0.15) is 11.5 Å². The second-order valence-corrected chi connectivity index (χ2v) is 12.3. The molecule has 0 radical (unpaired) electrons. The van der Waals surface area contributed by atoms with E-state index in [1.165, 1.54) is 151 Å². The summed E-state index contributed by atoms with van der Waals surface area (Å²) in [7, 11) is 0. The maximum absolute atomic E-state index is 11.7. The number of ether oxygens (including phenoxy) is 1. The van der Waals surface area contributed by atoms with Crippen LogP contribution < -0.4 is 4.74 Å². The van der Waals surface area contributed by atoms with Crippen LogP contribution in [0.5, 0.6) is 11.5 Å². The molecule has 0 saturated heterocycles. The average molecular weight is 689 g/mol. The summed E-state index contributed by atoms with van der Waals surface area (Å²) in [6, 6.07) is 10.6. The summed E-state index contributed by atoms with van der Waals surface area (Å²) in [5.74, 6) is -0.540. The largest absolute Gasteiger partial charge is 0.508 e. The van der Waals surface area contributed by atoms with Crippen molar-refractivity contribution in [1.29, 1.82) is 0 Å². The molecule has 0 heterocycles. The first-order chi connectivity index (χ1) is 23.6. The van der Waals surface area contributed by atoms with Gasteiger partial charge in [-0.1, -0.05) is 129 Å². The molecule has 0 aromatic heterocycles. The average Bonchev–Trinajstić information content (AvgIpc) is 3.07. The monoisotopic (exact) mass is 688 g/mol. The smallest absolute Gasteiger partial charge is 0.311 e. The lowest BCUT2D eigenvalue weighted by atomic mass is 10.1. The van der Waals surface area contributed by atoms with E-state index in [9.17, 15) is 29.8 Å². The number of phenolic OH excluding ortho intramolecular Hbond substituents is 1. The number of unbranched alkanes of at least 4 members (excludes halogenated alkanes) is 18. The molecule has 0 atom stereocenters. The Hall–Kier alpha value is -4.02. The van der Waals surface area contributed by atoms with Gasteiger partial charge in [-0.2, -0.15) is 0 Å². The summed E-state index contributed by atoms with van der Waals surface area (Å²) >= 11 is 0. The third-order valence-corrected chi connectivity index (χ3v) is 7.82. The van der Waals surface area contributed by atoms with Gasteiger partial charge in [0.2, 0.25) is 0 Å². The van der Waals surface area contributed by atoms with Crippen molar-refractivity contribution in [2.75, 3.05) is 0 Å². The Labute approximate surface area is 292 Å². The minimum atomic E-state index is -0.658. The third kappa shape index (κ3) is 28.7. The number of carboxylic acids is 1. The van der Waals surface area contributed by atoms with Gasteiger partial charge in [-0.15, -0.1) is 0 Å². The number of hydrogen-bond acceptors (Lipinski definition) is 8. The Kier molecular flexibility index (Phi) is 28.7. The van der Waals surface area contributed by atoms with E-state index >= 15 is 0 Å². The standard InChI is InChI=1S/C19H29NO4.C13H26O2.C6H5NO3/c1-2-3-4-5-6-7-8-9-10-11-12-19(21)24-18-15-13-17(14-16-18)20(22)23;1-2-3-4-5-6-7-8-9-10-11-12-13(14)15;8-6-3-1-5(2-4-6)7(9)10/h13-16H,2-12H2,1H3;2-12H2,1H3,(H,14,15);1-4,8H. The van der Waals surface area contributed by atoms with E-state index in [-0.39, 0.29) is 23.1 Å². The Bertz CT molecular complexity index is 1140. The van der Waals surface area contributed by atoms with Crippen molar-refractivity contribution in [3.63, 3.8) is 0 Å². The molecule has 11 heteroatoms. The van der Waals surface area contributed by atoms with Gasteiger partial charge in [-0.3, -0.25) is 29.8 Å². The zero-order chi connectivity index (χ0) is 36.5. The van der Waals surface area contributed by atoms with Crippen molar-refractivity contribution in [3.8, 4) is 11.5 Å². The molecule has 2 aromatic carbocycles. The first-order valence-electron chi connectivity index (χ1n) is 18.2. The lowest BCUT2D eigenvalue weighted by molar-refractivity contribution is -0.385. The molecule has 0 aliphatic rings. The second-order valence-electron chi connectivity index (χ2n) is 12.3. The van der Waals surface area contributed by atoms with Crippen LogP contribution >= 0.6 is 0 Å². The highest BCUT2D eigenvalue weighted by Gasteiger charge is 2.08. The summed E-state index contributed by atoms with van der Waals surface area (Å²) < 4.78 is 5.17. The maximum Gasteiger partial charge on any atom is 0.311 e. The van der Waals surface area contributed by atoms with Crippen molar-refractivity contribution < 1.29 is 34.4 Å². The minimum Gasteiger partial charge on any atom is -0.508 e. The van der Waals surface area contributed by atoms with E-state index in [1.807, 2.05) is 0 Å². The van der Waals surface area contributed by atoms with E-state index in [0.717, 1.165) is 25.7 Å². The Balaban J connectivity index is 0.000000782. The lowest BCUT2D eigenvalue weighted by Gasteiger charge is -2.04. The molecule has 0 amide bonds. The fourth-order valence-electron chi connectivity index (χ4n) is 4.91. The molecule has 0 unspecified atom stereocenters. The number of carbonyl (C=O) groups is 2. The van der Waals surface area contributed by atoms with Crippen LogP contribution in [0.2, 0.25) is 0 Å². The van der Waals surface area contributed by atoms with E-state index in [2.05, 4.69) is 13.8 Å². The van der Waals surface area contributed by atoms with Crippen LogP contribution in [0.4, 0.5) is 11.4 Å². The second kappa shape index (κ2) is 31.3. The number of nitrogens with zero attached hydrogens (tertiary/aromatic N) is 2. The molecular formula is C38H60N2O9. The zero-order valence-corrected chi connectivity index (χ0v) is 29.8. The number of benzene rings is 2. The SMILES string of the molecule is CCCCCCCCCCCCC(=O)O.CCCCCCCCCCCCC(=O)Oc1ccc([N+](=O)[O-])cc1.O=[N+]([O-])c1ccc(O)cc1. The molecule has 0 aliphatic carbocycles. The number of aromatic hydroxyl groups is 1. The van der Waals surface area contributed by atoms with Crippen molar-refractivity contribution >= 4 is 23.3 Å². The number of rotatable bonds is 25. The number of non-ortho nitro benzene ring substituents is 2. The molecule has 0 fully saturated rings. The van der Waals surface area contributed by atoms with Gasteiger partial charge in [0.15, 0.2) is 0 Å². The number of nitro groups is 2. The summed E-state index contributed by atoms with van der Waals surface area (Å²) in [5, 5.41) is 37.7. The fraction of sp³-hybridized carbons (Fsp3) is 0.632. The van der Waals surface area contributed by atoms with E-state index in [1.54, 1.807) is 0 Å². The molecule has 2 aromatic rings. The first-order valence-corrected chi connectivity index (χ1v) is 18.2. The van der Waals surface area contributed by atoms with Gasteiger partial charge in [0, 0.05) is 37.1 Å². The molecule has 0 aliphatic heterocycles. The van der Waals surface area contributed by atoms with Crippen molar-refractivity contribution in [1.82, 2.24) is 0 Å². The van der Waals surface area contributed by atoms with Gasteiger partial charge in [-0.25, -0.2) is 0 Å². The fourth-order valence-corrected chi connectivity index (χ4v) is 4.91. The Morgan fingerprint density at radius 1 is 0.551 bits per heavy atom. The Morgan fingerprint density at radius 2 is 0.878 bits per heavy atom. The van der Waals surface area contributed by atoms with Crippen molar-refractivity contribution in [2.24, 2.45) is 0 Å². The molecule has 49 heavy (non-hydrogen) atoms. The predicted molar refractivity (Wildman–Crippen MR) is 194 cm³/mol. The minimum absolute atomic E-state index is 0.00973. The van der Waals surface area contributed by atoms with Crippen LogP contribution in [-0.2, 0) is 9.59 Å². The highest BCUT2D eigenvalue weighted by atomic mass is 16.6. The van der Waals surface area contributed by atoms with E-state index < -0.39 is 15.8 Å².